The predicted molar refractivity (Wildman–Crippen MR) is 70.8 cm³/mol. The van der Waals surface area contributed by atoms with E-state index in [0.29, 0.717) is 17.8 Å². The minimum absolute atomic E-state index is 0.0159. The normalized spacial score (nSPS) is 12.2. The van der Waals surface area contributed by atoms with Crippen molar-refractivity contribution >= 4 is 5.97 Å². The molecule has 0 aliphatic carbocycles. The molecular formula is C13H16N4O3. The second kappa shape index (κ2) is 6.78. The summed E-state index contributed by atoms with van der Waals surface area (Å²) in [5.41, 5.74) is 1.31. The first-order valence-electron chi connectivity index (χ1n) is 6.21. The lowest BCUT2D eigenvalue weighted by atomic mass is 10.1. The van der Waals surface area contributed by atoms with Gasteiger partial charge in [-0.15, -0.1) is 5.10 Å². The minimum atomic E-state index is -0.945. The monoisotopic (exact) mass is 276 g/mol. The number of carboxylic acids is 1. The maximum atomic E-state index is 11.3. The number of nitrogens with one attached hydrogen (secondary N) is 1. The number of rotatable bonds is 7. The van der Waals surface area contributed by atoms with Crippen molar-refractivity contribution in [1.82, 2.24) is 20.3 Å². The first kappa shape index (κ1) is 14.2. The number of nitrogens with zero attached hydrogens (tertiary/aromatic N) is 3. The fourth-order valence-corrected chi connectivity index (χ4v) is 1.83. The Kier molecular flexibility index (Phi) is 4.80. The highest BCUT2D eigenvalue weighted by atomic mass is 16.4. The molecule has 1 heterocycles. The first-order chi connectivity index (χ1) is 9.70. The molecule has 0 saturated carbocycles. The van der Waals surface area contributed by atoms with E-state index in [1.807, 2.05) is 6.07 Å². The van der Waals surface area contributed by atoms with Crippen molar-refractivity contribution in [2.24, 2.45) is 0 Å². The fraction of sp³-hybridized carbons (Fsp3) is 0.308. The van der Waals surface area contributed by atoms with Gasteiger partial charge in [0.2, 0.25) is 0 Å². The van der Waals surface area contributed by atoms with Crippen molar-refractivity contribution in [3.8, 4) is 0 Å². The highest BCUT2D eigenvalue weighted by molar-refractivity contribution is 5.75. The van der Waals surface area contributed by atoms with Crippen LogP contribution in [-0.4, -0.2) is 37.8 Å². The van der Waals surface area contributed by atoms with Crippen LogP contribution in [0.1, 0.15) is 17.3 Å². The van der Waals surface area contributed by atoms with Gasteiger partial charge in [-0.25, -0.2) is 4.68 Å². The third-order valence-corrected chi connectivity index (χ3v) is 2.78. The molecular weight excluding hydrogens is 260 g/mol. The Labute approximate surface area is 115 Å². The summed E-state index contributed by atoms with van der Waals surface area (Å²) in [5, 5.41) is 28.7. The summed E-state index contributed by atoms with van der Waals surface area (Å²) in [5.74, 6) is -0.945. The van der Waals surface area contributed by atoms with Crippen molar-refractivity contribution in [3.63, 3.8) is 0 Å². The Morgan fingerprint density at radius 2 is 2.10 bits per heavy atom. The Morgan fingerprint density at radius 1 is 1.35 bits per heavy atom. The summed E-state index contributed by atoms with van der Waals surface area (Å²) < 4.78 is 1.51. The molecule has 0 aliphatic heterocycles. The lowest BCUT2D eigenvalue weighted by molar-refractivity contribution is -0.139. The van der Waals surface area contributed by atoms with Gasteiger partial charge in [-0.2, -0.15) is 0 Å². The van der Waals surface area contributed by atoms with Gasteiger partial charge < -0.3 is 10.2 Å². The van der Waals surface area contributed by atoms with Crippen LogP contribution in [0.4, 0.5) is 0 Å². The number of hydrogen-bond donors (Lipinski definition) is 3. The van der Waals surface area contributed by atoms with Crippen LogP contribution in [-0.2, 0) is 17.9 Å². The van der Waals surface area contributed by atoms with E-state index in [1.54, 1.807) is 30.5 Å². The summed E-state index contributed by atoms with van der Waals surface area (Å²) >= 11 is 0. The van der Waals surface area contributed by atoms with E-state index in [2.05, 4.69) is 15.6 Å². The molecule has 2 rings (SSSR count). The average Bonchev–Trinajstić information content (AvgIpc) is 2.88. The van der Waals surface area contributed by atoms with Gasteiger partial charge >= 0.3 is 5.97 Å². The van der Waals surface area contributed by atoms with Gasteiger partial charge in [-0.1, -0.05) is 35.5 Å². The number of aromatic nitrogens is 3. The topological polar surface area (TPSA) is 100 Å². The second-order valence-corrected chi connectivity index (χ2v) is 4.26. The highest BCUT2D eigenvalue weighted by Crippen LogP contribution is 2.13. The molecule has 1 aromatic heterocycles. The molecule has 0 spiro atoms. The van der Waals surface area contributed by atoms with E-state index in [4.69, 9.17) is 5.11 Å². The zero-order chi connectivity index (χ0) is 14.4. The van der Waals surface area contributed by atoms with E-state index in [0.717, 1.165) is 0 Å². The molecule has 1 aromatic carbocycles. The van der Waals surface area contributed by atoms with Crippen molar-refractivity contribution in [1.29, 1.82) is 0 Å². The molecule has 0 saturated heterocycles. The quantitative estimate of drug-likeness (QED) is 0.667. The summed E-state index contributed by atoms with van der Waals surface area (Å²) in [7, 11) is 0. The van der Waals surface area contributed by atoms with Crippen LogP contribution < -0.4 is 5.32 Å². The Morgan fingerprint density at radius 3 is 2.75 bits per heavy atom. The molecule has 106 valence electrons. The van der Waals surface area contributed by atoms with Gasteiger partial charge in [0.05, 0.1) is 18.8 Å². The van der Waals surface area contributed by atoms with E-state index in [9.17, 15) is 9.90 Å². The number of carbonyl (C=O) groups is 1. The van der Waals surface area contributed by atoms with E-state index >= 15 is 0 Å². The highest BCUT2D eigenvalue weighted by Gasteiger charge is 2.19. The lowest BCUT2D eigenvalue weighted by Crippen LogP contribution is -2.28. The Hall–Kier alpha value is -2.25. The van der Waals surface area contributed by atoms with Gasteiger partial charge in [0.15, 0.2) is 0 Å². The number of aliphatic hydroxyl groups is 1. The molecule has 7 heteroatoms. The van der Waals surface area contributed by atoms with Gasteiger partial charge in [0.1, 0.15) is 6.04 Å². The molecule has 20 heavy (non-hydrogen) atoms. The summed E-state index contributed by atoms with van der Waals surface area (Å²) in [6.45, 7) is 0.642. The molecule has 0 amide bonds. The van der Waals surface area contributed by atoms with E-state index in [-0.39, 0.29) is 13.2 Å². The maximum Gasteiger partial charge on any atom is 0.325 e. The zero-order valence-corrected chi connectivity index (χ0v) is 10.8. The van der Waals surface area contributed by atoms with Crippen molar-refractivity contribution in [2.45, 2.75) is 19.1 Å². The zero-order valence-electron chi connectivity index (χ0n) is 10.8. The number of benzene rings is 1. The van der Waals surface area contributed by atoms with E-state index in [1.165, 1.54) is 4.68 Å². The average molecular weight is 276 g/mol. The summed E-state index contributed by atoms with van der Waals surface area (Å²) in [6, 6.07) is 8.15. The molecule has 1 atom stereocenters. The van der Waals surface area contributed by atoms with Crippen LogP contribution in [0, 0.1) is 0 Å². The second-order valence-electron chi connectivity index (χ2n) is 4.26. The van der Waals surface area contributed by atoms with Crippen molar-refractivity contribution in [3.05, 3.63) is 47.8 Å². The van der Waals surface area contributed by atoms with Crippen LogP contribution in [0.2, 0.25) is 0 Å². The minimum Gasteiger partial charge on any atom is -0.480 e. The largest absolute Gasteiger partial charge is 0.480 e. The van der Waals surface area contributed by atoms with Gasteiger partial charge in [-0.05, 0) is 5.56 Å². The van der Waals surface area contributed by atoms with Crippen LogP contribution in [0.5, 0.6) is 0 Å². The Bertz CT molecular complexity index is 556. The first-order valence-corrected chi connectivity index (χ1v) is 6.21. The fourth-order valence-electron chi connectivity index (χ4n) is 1.83. The summed E-state index contributed by atoms with van der Waals surface area (Å²) in [4.78, 5) is 11.3. The number of hydrogen-bond acceptors (Lipinski definition) is 5. The molecule has 0 radical (unpaired) electrons. The summed E-state index contributed by atoms with van der Waals surface area (Å²) in [6.07, 6.45) is 1.67. The lowest BCUT2D eigenvalue weighted by Gasteiger charge is -2.13. The number of aliphatic carboxylic acids is 1. The molecule has 3 N–H and O–H groups in total. The number of carboxylic acid groups (broad SMARTS) is 1. The Balaban J connectivity index is 2.00. The van der Waals surface area contributed by atoms with Crippen molar-refractivity contribution in [2.75, 3.05) is 6.61 Å². The molecule has 0 aliphatic rings. The van der Waals surface area contributed by atoms with Gasteiger partial charge in [-0.3, -0.25) is 10.1 Å². The molecule has 7 nitrogen and oxygen atoms in total. The van der Waals surface area contributed by atoms with E-state index < -0.39 is 12.0 Å². The smallest absolute Gasteiger partial charge is 0.325 e. The standard InChI is InChI=1S/C13H16N4O3/c18-7-6-17-9-11(15-16-17)8-14-12(13(19)20)10-4-2-1-3-5-10/h1-5,9,12,14,18H,6-8H2,(H,19,20). The van der Waals surface area contributed by atoms with Crippen LogP contribution in [0.15, 0.2) is 36.5 Å². The van der Waals surface area contributed by atoms with Crippen molar-refractivity contribution < 1.29 is 15.0 Å². The van der Waals surface area contributed by atoms with Gasteiger partial charge in [0.25, 0.3) is 0 Å². The third kappa shape index (κ3) is 3.62. The van der Waals surface area contributed by atoms with Crippen LogP contribution in [0.25, 0.3) is 0 Å². The number of aliphatic hydroxyl groups excluding tert-OH is 1. The van der Waals surface area contributed by atoms with Gasteiger partial charge in [0, 0.05) is 12.7 Å². The molecule has 2 aromatic rings. The van der Waals surface area contributed by atoms with Crippen LogP contribution >= 0.6 is 0 Å². The maximum absolute atomic E-state index is 11.3. The SMILES string of the molecule is O=C(O)C(NCc1cn(CCO)nn1)c1ccccc1. The molecule has 0 bridgehead atoms. The third-order valence-electron chi connectivity index (χ3n) is 2.78. The molecule has 0 fully saturated rings. The predicted octanol–water partition coefficient (Wildman–Crippen LogP) is 0.186. The molecule has 1 unspecified atom stereocenters. The van der Waals surface area contributed by atoms with Crippen LogP contribution in [0.3, 0.4) is 0 Å².